The molecule has 2 aliphatic heterocycles. The fourth-order valence-electron chi connectivity index (χ4n) is 3.36. The summed E-state index contributed by atoms with van der Waals surface area (Å²) in [6.07, 6.45) is 1.02. The molecule has 0 amide bonds. The monoisotopic (exact) mass is 371 g/mol. The maximum Gasteiger partial charge on any atom is 0.115 e. The molecule has 1 fully saturated rings. The summed E-state index contributed by atoms with van der Waals surface area (Å²) >= 11 is 8.16. The Hall–Kier alpha value is -1.49. The number of hydrogen-bond acceptors (Lipinski definition) is 4. The van der Waals surface area contributed by atoms with Crippen molar-refractivity contribution >= 4 is 34.9 Å². The Morgan fingerprint density at radius 1 is 0.960 bits per heavy atom. The van der Waals surface area contributed by atoms with E-state index in [2.05, 4.69) is 46.2 Å². The van der Waals surface area contributed by atoms with E-state index in [9.17, 15) is 0 Å². The number of thioether (sulfide) groups is 1. The molecule has 0 atom stereocenters. The van der Waals surface area contributed by atoms with Gasteiger partial charge >= 0.3 is 0 Å². The quantitative estimate of drug-likeness (QED) is 0.800. The molecule has 0 saturated carbocycles. The van der Waals surface area contributed by atoms with Crippen LogP contribution in [0.4, 0.5) is 5.69 Å². The minimum atomic E-state index is 0.883. The highest BCUT2D eigenvalue weighted by molar-refractivity contribution is 8.00. The number of piperazine rings is 1. The van der Waals surface area contributed by atoms with Gasteiger partial charge in [-0.25, -0.2) is 4.99 Å². The molecule has 0 unspecified atom stereocenters. The summed E-state index contributed by atoms with van der Waals surface area (Å²) in [7, 11) is 0. The number of hydrogen-bond donors (Lipinski definition) is 0. The third-order valence-corrected chi connectivity index (χ3v) is 6.29. The number of halogens is 1. The van der Waals surface area contributed by atoms with Crippen LogP contribution < -0.4 is 0 Å². The number of aliphatic imine (C=N–C) groups is 1. The number of para-hydroxylation sites is 1. The molecule has 0 radical (unpaired) electrons. The normalized spacial score (nSPS) is 18.0. The van der Waals surface area contributed by atoms with Crippen molar-refractivity contribution in [2.75, 3.05) is 38.5 Å². The van der Waals surface area contributed by atoms with E-state index in [4.69, 9.17) is 16.6 Å². The predicted molar refractivity (Wildman–Crippen MR) is 107 cm³/mol. The molecule has 0 aliphatic carbocycles. The van der Waals surface area contributed by atoms with Gasteiger partial charge in [-0.3, -0.25) is 4.90 Å². The van der Waals surface area contributed by atoms with Crippen molar-refractivity contribution in [1.29, 1.82) is 0 Å². The molecule has 2 aliphatic rings. The Kier molecular flexibility index (Phi) is 5.30. The van der Waals surface area contributed by atoms with E-state index in [0.29, 0.717) is 0 Å². The van der Waals surface area contributed by atoms with E-state index < -0.39 is 0 Å². The van der Waals surface area contributed by atoms with Crippen LogP contribution in [-0.2, 0) is 6.42 Å². The molecule has 0 spiro atoms. The van der Waals surface area contributed by atoms with E-state index in [1.54, 1.807) is 0 Å². The Morgan fingerprint density at radius 3 is 2.56 bits per heavy atom. The zero-order valence-electron chi connectivity index (χ0n) is 14.2. The second-order valence-electron chi connectivity index (χ2n) is 6.45. The summed E-state index contributed by atoms with van der Waals surface area (Å²) in [6.45, 7) is 5.38. The van der Waals surface area contributed by atoms with Gasteiger partial charge in [0.2, 0.25) is 0 Å². The number of benzene rings is 2. The van der Waals surface area contributed by atoms with Gasteiger partial charge in [-0.1, -0.05) is 41.9 Å². The van der Waals surface area contributed by atoms with Gasteiger partial charge < -0.3 is 4.90 Å². The molecule has 3 nitrogen and oxygen atoms in total. The Bertz CT molecular complexity index is 769. The van der Waals surface area contributed by atoms with Crippen molar-refractivity contribution in [3.05, 3.63) is 59.1 Å². The van der Waals surface area contributed by atoms with Gasteiger partial charge in [0.15, 0.2) is 0 Å². The molecule has 4 rings (SSSR count). The van der Waals surface area contributed by atoms with Crippen molar-refractivity contribution in [3.63, 3.8) is 0 Å². The lowest BCUT2D eigenvalue weighted by atomic mass is 10.1. The first-order chi connectivity index (χ1) is 12.3. The number of fused-ring (bicyclic) bond motifs is 1. The average molecular weight is 372 g/mol. The highest BCUT2D eigenvalue weighted by atomic mass is 35.5. The molecule has 5 heteroatoms. The van der Waals surface area contributed by atoms with E-state index in [0.717, 1.165) is 55.6 Å². The molecule has 2 aromatic rings. The largest absolute Gasteiger partial charge is 0.357 e. The lowest BCUT2D eigenvalue weighted by molar-refractivity contribution is 0.183. The number of rotatable bonds is 3. The maximum atomic E-state index is 6.26. The Balaban J connectivity index is 1.32. The van der Waals surface area contributed by atoms with Gasteiger partial charge in [-0.15, -0.1) is 11.8 Å². The van der Waals surface area contributed by atoms with Gasteiger partial charge in [0.05, 0.1) is 11.4 Å². The second-order valence-corrected chi connectivity index (χ2v) is 7.88. The third kappa shape index (κ3) is 4.02. The molecule has 2 heterocycles. The highest BCUT2D eigenvalue weighted by Gasteiger charge is 2.22. The van der Waals surface area contributed by atoms with Gasteiger partial charge in [-0.05, 0) is 30.2 Å². The predicted octanol–water partition coefficient (Wildman–Crippen LogP) is 4.34. The van der Waals surface area contributed by atoms with Gasteiger partial charge in [-0.2, -0.15) is 0 Å². The van der Waals surface area contributed by atoms with Gasteiger partial charge in [0, 0.05) is 42.6 Å². The summed E-state index contributed by atoms with van der Waals surface area (Å²) in [5.74, 6) is 2.21. The zero-order chi connectivity index (χ0) is 17.1. The van der Waals surface area contributed by atoms with E-state index in [1.807, 2.05) is 23.9 Å². The van der Waals surface area contributed by atoms with Crippen molar-refractivity contribution in [2.45, 2.75) is 11.3 Å². The van der Waals surface area contributed by atoms with E-state index >= 15 is 0 Å². The van der Waals surface area contributed by atoms with Crippen molar-refractivity contribution < 1.29 is 0 Å². The first kappa shape index (κ1) is 17.0. The van der Waals surface area contributed by atoms with Crippen LogP contribution >= 0.6 is 23.4 Å². The highest BCUT2D eigenvalue weighted by Crippen LogP contribution is 2.34. The fraction of sp³-hybridized carbons (Fsp3) is 0.350. The molecule has 2 aromatic carbocycles. The van der Waals surface area contributed by atoms with Crippen molar-refractivity contribution in [3.8, 4) is 0 Å². The number of amidine groups is 1. The molecular weight excluding hydrogens is 350 g/mol. The fourth-order valence-corrected chi connectivity index (χ4v) is 4.55. The SMILES string of the molecule is Clc1ccccc1CCN1CCN(C2=Nc3ccccc3SC2)CC1. The first-order valence-corrected chi connectivity index (χ1v) is 10.2. The third-order valence-electron chi connectivity index (χ3n) is 4.86. The molecule has 1 saturated heterocycles. The molecule has 0 N–H and O–H groups in total. The van der Waals surface area contributed by atoms with Crippen LogP contribution in [-0.4, -0.2) is 54.1 Å². The van der Waals surface area contributed by atoms with Crippen LogP contribution in [0.15, 0.2) is 58.4 Å². The summed E-state index contributed by atoms with van der Waals surface area (Å²) in [4.78, 5) is 11.2. The van der Waals surface area contributed by atoms with Crippen LogP contribution in [0.25, 0.3) is 0 Å². The summed E-state index contributed by atoms with van der Waals surface area (Å²) in [5.41, 5.74) is 2.37. The van der Waals surface area contributed by atoms with Crippen LogP contribution in [0, 0.1) is 0 Å². The summed E-state index contributed by atoms with van der Waals surface area (Å²) in [6, 6.07) is 16.6. The van der Waals surface area contributed by atoms with Crippen molar-refractivity contribution in [1.82, 2.24) is 9.80 Å². The summed E-state index contributed by atoms with van der Waals surface area (Å²) in [5, 5.41) is 0.883. The standard InChI is InChI=1S/C20H22ClN3S/c21-17-6-2-1-5-16(17)9-10-23-11-13-24(14-12-23)20-15-25-19-8-4-3-7-18(19)22-20/h1-8H,9-15H2. The average Bonchev–Trinajstić information content (AvgIpc) is 2.67. The van der Waals surface area contributed by atoms with Crippen LogP contribution in [0.2, 0.25) is 5.02 Å². The second kappa shape index (κ2) is 7.81. The van der Waals surface area contributed by atoms with Crippen molar-refractivity contribution in [2.24, 2.45) is 4.99 Å². The number of nitrogens with zero attached hydrogens (tertiary/aromatic N) is 3. The van der Waals surface area contributed by atoms with Crippen LogP contribution in [0.3, 0.4) is 0 Å². The zero-order valence-corrected chi connectivity index (χ0v) is 15.8. The maximum absolute atomic E-state index is 6.26. The lowest BCUT2D eigenvalue weighted by Crippen LogP contribution is -2.49. The molecule has 25 heavy (non-hydrogen) atoms. The van der Waals surface area contributed by atoms with E-state index in [-0.39, 0.29) is 0 Å². The molecular formula is C20H22ClN3S. The molecule has 130 valence electrons. The van der Waals surface area contributed by atoms with Crippen LogP contribution in [0.5, 0.6) is 0 Å². The molecule has 0 bridgehead atoms. The van der Waals surface area contributed by atoms with Crippen LogP contribution in [0.1, 0.15) is 5.56 Å². The van der Waals surface area contributed by atoms with Gasteiger partial charge in [0.1, 0.15) is 5.84 Å². The van der Waals surface area contributed by atoms with E-state index in [1.165, 1.54) is 16.3 Å². The minimum Gasteiger partial charge on any atom is -0.357 e. The first-order valence-electron chi connectivity index (χ1n) is 8.80. The lowest BCUT2D eigenvalue weighted by Gasteiger charge is -2.37. The Labute approximate surface area is 158 Å². The minimum absolute atomic E-state index is 0.883. The smallest absolute Gasteiger partial charge is 0.115 e. The summed E-state index contributed by atoms with van der Waals surface area (Å²) < 4.78 is 0. The van der Waals surface area contributed by atoms with Gasteiger partial charge in [0.25, 0.3) is 0 Å². The molecule has 0 aromatic heterocycles. The Morgan fingerprint density at radius 2 is 1.72 bits per heavy atom. The topological polar surface area (TPSA) is 18.8 Å².